The minimum atomic E-state index is 0.294. The molecule has 1 fully saturated rings. The van der Waals surface area contributed by atoms with E-state index in [0.717, 1.165) is 19.4 Å². The van der Waals surface area contributed by atoms with Crippen LogP contribution in [0.3, 0.4) is 0 Å². The molecule has 2 rings (SSSR count). The molecule has 0 heterocycles. The first kappa shape index (κ1) is 14.1. The Kier molecular flexibility index (Phi) is 5.40. The lowest BCUT2D eigenvalue weighted by molar-refractivity contribution is -0.135. The Balaban J connectivity index is 1.84. The zero-order valence-electron chi connectivity index (χ0n) is 11.6. The van der Waals surface area contributed by atoms with E-state index in [1.54, 1.807) is 0 Å². The average molecular weight is 260 g/mol. The summed E-state index contributed by atoms with van der Waals surface area (Å²) < 4.78 is 0. The monoisotopic (exact) mass is 260 g/mol. The lowest BCUT2D eigenvalue weighted by atomic mass is 9.91. The molecule has 0 spiro atoms. The Bertz CT molecular complexity index is 387. The molecule has 2 N–H and O–H groups in total. The van der Waals surface area contributed by atoms with Crippen molar-refractivity contribution in [1.29, 1.82) is 0 Å². The summed E-state index contributed by atoms with van der Waals surface area (Å²) in [6.45, 7) is 1.49. The summed E-state index contributed by atoms with van der Waals surface area (Å²) in [7, 11) is 0. The number of aryl methyl sites for hydroxylation is 1. The van der Waals surface area contributed by atoms with Crippen LogP contribution in [0.25, 0.3) is 0 Å². The summed E-state index contributed by atoms with van der Waals surface area (Å²) in [4.78, 5) is 14.4. The summed E-state index contributed by atoms with van der Waals surface area (Å²) in [5.41, 5.74) is 6.80. The van der Waals surface area contributed by atoms with Gasteiger partial charge in [0.1, 0.15) is 0 Å². The van der Waals surface area contributed by atoms with Gasteiger partial charge in [0.05, 0.1) is 0 Å². The zero-order chi connectivity index (χ0) is 13.5. The van der Waals surface area contributed by atoms with E-state index in [4.69, 9.17) is 5.73 Å². The molecule has 3 heteroatoms. The minimum absolute atomic E-state index is 0.294. The Morgan fingerprint density at radius 3 is 2.58 bits per heavy atom. The van der Waals surface area contributed by atoms with E-state index in [1.807, 2.05) is 18.2 Å². The molecule has 1 amide bonds. The number of carbonyl (C=O) groups excluding carboxylic acids is 1. The van der Waals surface area contributed by atoms with E-state index in [9.17, 15) is 4.79 Å². The van der Waals surface area contributed by atoms with E-state index in [2.05, 4.69) is 17.0 Å². The highest BCUT2D eigenvalue weighted by Crippen LogP contribution is 2.25. The summed E-state index contributed by atoms with van der Waals surface area (Å²) >= 11 is 0. The summed E-state index contributed by atoms with van der Waals surface area (Å²) in [5, 5.41) is 0. The van der Waals surface area contributed by atoms with Gasteiger partial charge < -0.3 is 10.6 Å². The minimum Gasteiger partial charge on any atom is -0.340 e. The van der Waals surface area contributed by atoms with Crippen molar-refractivity contribution in [2.24, 2.45) is 5.73 Å². The molecule has 1 aromatic rings. The molecule has 1 saturated carbocycles. The molecule has 0 radical (unpaired) electrons. The van der Waals surface area contributed by atoms with Crippen molar-refractivity contribution >= 4 is 5.91 Å². The molecule has 3 nitrogen and oxygen atoms in total. The Morgan fingerprint density at radius 2 is 2.00 bits per heavy atom. The van der Waals surface area contributed by atoms with Gasteiger partial charge in [-0.05, 0) is 44.2 Å². The predicted octanol–water partition coefficient (Wildman–Crippen LogP) is 2.35. The fourth-order valence-electron chi connectivity index (χ4n) is 2.51. The number of nitrogens with two attached hydrogens (primary N) is 1. The molecule has 0 saturated heterocycles. The molecule has 1 aliphatic rings. The standard InChI is InChI=1S/C16H24N2O/c17-12-5-13-18(15-8-4-9-15)16(19)11-10-14-6-2-1-3-7-14/h1-3,6-7,15H,4-5,8-13,17H2. The molecule has 1 aliphatic carbocycles. The molecule has 0 unspecified atom stereocenters. The van der Waals surface area contributed by atoms with Crippen LogP contribution in [0, 0.1) is 0 Å². The van der Waals surface area contributed by atoms with Gasteiger partial charge >= 0.3 is 0 Å². The molecule has 0 aliphatic heterocycles. The van der Waals surface area contributed by atoms with Crippen molar-refractivity contribution in [3.63, 3.8) is 0 Å². The first-order valence-corrected chi connectivity index (χ1v) is 7.34. The summed E-state index contributed by atoms with van der Waals surface area (Å²) in [6, 6.07) is 10.7. The maximum atomic E-state index is 12.3. The maximum absolute atomic E-state index is 12.3. The number of amides is 1. The first-order chi connectivity index (χ1) is 9.31. The van der Waals surface area contributed by atoms with E-state index in [-0.39, 0.29) is 0 Å². The van der Waals surface area contributed by atoms with Crippen molar-refractivity contribution in [3.8, 4) is 0 Å². The molecule has 0 aromatic heterocycles. The van der Waals surface area contributed by atoms with Crippen LogP contribution in [-0.2, 0) is 11.2 Å². The van der Waals surface area contributed by atoms with Crippen LogP contribution in [0.15, 0.2) is 30.3 Å². The quantitative estimate of drug-likeness (QED) is 0.818. The van der Waals surface area contributed by atoms with Crippen LogP contribution in [0.1, 0.15) is 37.7 Å². The van der Waals surface area contributed by atoms with Crippen LogP contribution in [0.5, 0.6) is 0 Å². The second-order valence-corrected chi connectivity index (χ2v) is 5.30. The van der Waals surface area contributed by atoms with Gasteiger partial charge in [-0.25, -0.2) is 0 Å². The third kappa shape index (κ3) is 4.06. The van der Waals surface area contributed by atoms with Crippen molar-refractivity contribution in [2.75, 3.05) is 13.1 Å². The van der Waals surface area contributed by atoms with Gasteiger partial charge in [-0.1, -0.05) is 30.3 Å². The summed E-state index contributed by atoms with van der Waals surface area (Å²) in [6.07, 6.45) is 5.96. The highest BCUT2D eigenvalue weighted by molar-refractivity contribution is 5.77. The van der Waals surface area contributed by atoms with Crippen LogP contribution in [-0.4, -0.2) is 29.9 Å². The molecule has 19 heavy (non-hydrogen) atoms. The lowest BCUT2D eigenvalue weighted by Gasteiger charge is -2.37. The topological polar surface area (TPSA) is 46.3 Å². The normalized spacial score (nSPS) is 15.0. The maximum Gasteiger partial charge on any atom is 0.223 e. The third-order valence-electron chi connectivity index (χ3n) is 3.91. The molecule has 0 bridgehead atoms. The van der Waals surface area contributed by atoms with Crippen molar-refractivity contribution in [2.45, 2.75) is 44.6 Å². The number of hydrogen-bond acceptors (Lipinski definition) is 2. The zero-order valence-corrected chi connectivity index (χ0v) is 11.6. The van der Waals surface area contributed by atoms with Crippen molar-refractivity contribution in [1.82, 2.24) is 4.90 Å². The number of benzene rings is 1. The largest absolute Gasteiger partial charge is 0.340 e. The van der Waals surface area contributed by atoms with Gasteiger partial charge in [0.15, 0.2) is 0 Å². The van der Waals surface area contributed by atoms with Crippen molar-refractivity contribution in [3.05, 3.63) is 35.9 Å². The fourth-order valence-corrected chi connectivity index (χ4v) is 2.51. The Hall–Kier alpha value is -1.35. The fraction of sp³-hybridized carbons (Fsp3) is 0.562. The van der Waals surface area contributed by atoms with E-state index in [0.29, 0.717) is 24.9 Å². The highest BCUT2D eigenvalue weighted by Gasteiger charge is 2.27. The van der Waals surface area contributed by atoms with E-state index in [1.165, 1.54) is 24.8 Å². The second-order valence-electron chi connectivity index (χ2n) is 5.30. The second kappa shape index (κ2) is 7.29. The predicted molar refractivity (Wildman–Crippen MR) is 77.8 cm³/mol. The van der Waals surface area contributed by atoms with Crippen molar-refractivity contribution < 1.29 is 4.79 Å². The highest BCUT2D eigenvalue weighted by atomic mass is 16.2. The molecule has 1 aromatic carbocycles. The lowest BCUT2D eigenvalue weighted by Crippen LogP contribution is -2.45. The average Bonchev–Trinajstić information content (AvgIpc) is 2.39. The molecular weight excluding hydrogens is 236 g/mol. The molecular formula is C16H24N2O. The third-order valence-corrected chi connectivity index (χ3v) is 3.91. The van der Waals surface area contributed by atoms with Gasteiger partial charge in [0, 0.05) is 19.0 Å². The first-order valence-electron chi connectivity index (χ1n) is 7.34. The van der Waals surface area contributed by atoms with Gasteiger partial charge in [0.2, 0.25) is 5.91 Å². The summed E-state index contributed by atoms with van der Waals surface area (Å²) in [5.74, 6) is 0.294. The Morgan fingerprint density at radius 1 is 1.26 bits per heavy atom. The van der Waals surface area contributed by atoms with Crippen LogP contribution in [0.4, 0.5) is 0 Å². The smallest absolute Gasteiger partial charge is 0.223 e. The SMILES string of the molecule is NCCCN(C(=O)CCc1ccccc1)C1CCC1. The number of carbonyl (C=O) groups is 1. The van der Waals surface area contributed by atoms with Gasteiger partial charge in [0.25, 0.3) is 0 Å². The Labute approximate surface area is 115 Å². The van der Waals surface area contributed by atoms with Crippen LogP contribution in [0.2, 0.25) is 0 Å². The number of nitrogens with zero attached hydrogens (tertiary/aromatic N) is 1. The van der Waals surface area contributed by atoms with E-state index >= 15 is 0 Å². The van der Waals surface area contributed by atoms with Gasteiger partial charge in [-0.15, -0.1) is 0 Å². The number of hydrogen-bond donors (Lipinski definition) is 1. The van der Waals surface area contributed by atoms with Gasteiger partial charge in [-0.2, -0.15) is 0 Å². The van der Waals surface area contributed by atoms with E-state index < -0.39 is 0 Å². The van der Waals surface area contributed by atoms with Crippen LogP contribution >= 0.6 is 0 Å². The van der Waals surface area contributed by atoms with Gasteiger partial charge in [-0.3, -0.25) is 4.79 Å². The molecule has 0 atom stereocenters. The van der Waals surface area contributed by atoms with Crippen LogP contribution < -0.4 is 5.73 Å². The molecule has 104 valence electrons. The number of rotatable bonds is 7.